The van der Waals surface area contributed by atoms with Gasteiger partial charge in [-0.25, -0.2) is 0 Å². The van der Waals surface area contributed by atoms with Crippen molar-refractivity contribution in [1.82, 2.24) is 24.9 Å². The Bertz CT molecular complexity index is 999. The minimum absolute atomic E-state index is 0.0240. The molecular formula is C33H59N5O4. The molecule has 240 valence electrons. The first-order chi connectivity index (χ1) is 19.4. The lowest BCUT2D eigenvalue weighted by atomic mass is 9.84. The summed E-state index contributed by atoms with van der Waals surface area (Å²) in [7, 11) is 3.54. The molecule has 0 radical (unpaired) electrons. The summed E-state index contributed by atoms with van der Waals surface area (Å²) < 4.78 is 0. The average Bonchev–Trinajstić information content (AvgIpc) is 3.41. The Hall–Kier alpha value is -2.42. The molecule has 0 aromatic carbocycles. The summed E-state index contributed by atoms with van der Waals surface area (Å²) in [5.41, 5.74) is 0.00592. The third-order valence-corrected chi connectivity index (χ3v) is 9.07. The molecule has 0 saturated carbocycles. The van der Waals surface area contributed by atoms with Gasteiger partial charge in [0.2, 0.25) is 23.6 Å². The van der Waals surface area contributed by atoms with E-state index in [1.54, 1.807) is 35.7 Å². The van der Waals surface area contributed by atoms with E-state index in [1.807, 2.05) is 54.5 Å². The van der Waals surface area contributed by atoms with Gasteiger partial charge in [-0.15, -0.1) is 0 Å². The van der Waals surface area contributed by atoms with E-state index in [0.29, 0.717) is 18.5 Å². The molecule has 0 spiro atoms. The van der Waals surface area contributed by atoms with Gasteiger partial charge in [0.15, 0.2) is 0 Å². The largest absolute Gasteiger partial charge is 0.342 e. The molecule has 1 N–H and O–H groups in total. The maximum Gasteiger partial charge on any atom is 0.249 e. The molecule has 0 aromatic heterocycles. The van der Waals surface area contributed by atoms with Crippen LogP contribution in [0.3, 0.4) is 0 Å². The minimum Gasteiger partial charge on any atom is -0.342 e. The molecule has 4 atom stereocenters. The Morgan fingerprint density at radius 1 is 0.857 bits per heavy atom. The molecule has 0 aromatic rings. The molecule has 2 fully saturated rings. The summed E-state index contributed by atoms with van der Waals surface area (Å²) in [5.74, 6) is -0.443. The first kappa shape index (κ1) is 35.8. The van der Waals surface area contributed by atoms with Crippen LogP contribution in [0, 0.1) is 11.3 Å². The Labute approximate surface area is 255 Å². The van der Waals surface area contributed by atoms with E-state index in [9.17, 15) is 19.2 Å². The molecule has 2 rings (SSSR count). The summed E-state index contributed by atoms with van der Waals surface area (Å²) in [4.78, 5) is 61.7. The first-order valence-corrected chi connectivity index (χ1v) is 16.0. The Morgan fingerprint density at radius 2 is 1.45 bits per heavy atom. The highest BCUT2D eigenvalue weighted by molar-refractivity contribution is 5.97. The molecule has 2 saturated heterocycles. The number of hydrogen-bond donors (Lipinski definition) is 1. The van der Waals surface area contributed by atoms with Crippen LogP contribution in [0.4, 0.5) is 0 Å². The zero-order valence-corrected chi connectivity index (χ0v) is 28.5. The molecule has 2 aliphatic heterocycles. The topological polar surface area (TPSA) is 93.3 Å². The number of nitrogens with zero attached hydrogens (tertiary/aromatic N) is 4. The lowest BCUT2D eigenvalue weighted by Gasteiger charge is -2.41. The molecule has 0 bridgehead atoms. The molecule has 1 unspecified atom stereocenters. The third-order valence-electron chi connectivity index (χ3n) is 9.07. The fraction of sp³-hybridized carbons (Fsp3) is 0.818. The van der Waals surface area contributed by atoms with Gasteiger partial charge in [0.1, 0.15) is 12.1 Å². The number of nitrogens with one attached hydrogen (secondary N) is 1. The molecule has 9 nitrogen and oxygen atoms in total. The van der Waals surface area contributed by atoms with E-state index in [0.717, 1.165) is 32.2 Å². The van der Waals surface area contributed by atoms with Crippen LogP contribution in [0.25, 0.3) is 0 Å². The highest BCUT2D eigenvalue weighted by Crippen LogP contribution is 2.27. The number of piperidine rings is 1. The van der Waals surface area contributed by atoms with Crippen molar-refractivity contribution in [2.45, 2.75) is 138 Å². The maximum atomic E-state index is 14.1. The molecule has 0 aliphatic carbocycles. The van der Waals surface area contributed by atoms with Gasteiger partial charge in [-0.2, -0.15) is 0 Å². The number of carbonyl (C=O) groups excluding carboxylic acids is 4. The zero-order valence-electron chi connectivity index (χ0n) is 28.5. The van der Waals surface area contributed by atoms with Crippen molar-refractivity contribution in [2.24, 2.45) is 11.3 Å². The van der Waals surface area contributed by atoms with Gasteiger partial charge < -0.3 is 20.0 Å². The van der Waals surface area contributed by atoms with Crippen LogP contribution in [0.5, 0.6) is 0 Å². The molecule has 2 aliphatic rings. The number of rotatable bonds is 10. The summed E-state index contributed by atoms with van der Waals surface area (Å²) in [6.45, 7) is 21.3. The predicted molar refractivity (Wildman–Crippen MR) is 169 cm³/mol. The lowest BCUT2D eigenvalue weighted by molar-refractivity contribution is -0.142. The fourth-order valence-electron chi connectivity index (χ4n) is 6.15. The fourth-order valence-corrected chi connectivity index (χ4v) is 6.15. The standard InChI is InChI=1S/C33H59N5O4/c1-21(2)27(20-24(7)30(40)38-19-15-17-26(38)31(41)35(11)22(3)4)36(12)32(42)28(33(8,9)10)34-29(39)25-16-13-14-18-37(25)23(5)6/h20-23,25-28H,13-19H2,1-12H3,(H,34,39)/t25?,26-,27+,28+/m0/s1. The lowest BCUT2D eigenvalue weighted by Crippen LogP contribution is -2.60. The van der Waals surface area contributed by atoms with Crippen molar-refractivity contribution < 1.29 is 19.2 Å². The molecule has 4 amide bonds. The van der Waals surface area contributed by atoms with E-state index in [2.05, 4.69) is 24.1 Å². The van der Waals surface area contributed by atoms with E-state index < -0.39 is 17.5 Å². The molecular weight excluding hydrogens is 530 g/mol. The highest BCUT2D eigenvalue weighted by Gasteiger charge is 2.41. The van der Waals surface area contributed by atoms with Gasteiger partial charge in [0.25, 0.3) is 0 Å². The smallest absolute Gasteiger partial charge is 0.249 e. The SMILES string of the molecule is CC(=C[C@H](C(C)C)N(C)C(=O)[C@@H](NC(=O)C1CCCCN1C(C)C)C(C)(C)C)C(=O)N1CCC[C@H]1C(=O)N(C)C(C)C. The zero-order chi connectivity index (χ0) is 32.1. The molecule has 2 heterocycles. The summed E-state index contributed by atoms with van der Waals surface area (Å²) >= 11 is 0. The van der Waals surface area contributed by atoms with Crippen LogP contribution in [-0.2, 0) is 19.2 Å². The quantitative estimate of drug-likeness (QED) is 0.388. The summed E-state index contributed by atoms with van der Waals surface area (Å²) in [5, 5.41) is 3.13. The van der Waals surface area contributed by atoms with Gasteiger partial charge in [0.05, 0.1) is 12.1 Å². The van der Waals surface area contributed by atoms with Crippen LogP contribution in [0.1, 0.15) is 101 Å². The number of carbonyl (C=O) groups is 4. The monoisotopic (exact) mass is 589 g/mol. The van der Waals surface area contributed by atoms with Gasteiger partial charge >= 0.3 is 0 Å². The number of amides is 4. The van der Waals surface area contributed by atoms with Crippen LogP contribution in [0.15, 0.2) is 11.6 Å². The second-order valence-electron chi connectivity index (χ2n) is 14.4. The van der Waals surface area contributed by atoms with Gasteiger partial charge in [-0.1, -0.05) is 47.1 Å². The van der Waals surface area contributed by atoms with Gasteiger partial charge in [-0.05, 0) is 78.2 Å². The number of likely N-dealkylation sites (N-methyl/N-ethyl adjacent to an activating group) is 2. The minimum atomic E-state index is -0.719. The van der Waals surface area contributed by atoms with Crippen molar-refractivity contribution in [3.8, 4) is 0 Å². The van der Waals surface area contributed by atoms with Crippen molar-refractivity contribution >= 4 is 23.6 Å². The van der Waals surface area contributed by atoms with Crippen LogP contribution in [0.2, 0.25) is 0 Å². The van der Waals surface area contributed by atoms with Gasteiger partial charge in [-0.3, -0.25) is 24.1 Å². The van der Waals surface area contributed by atoms with E-state index in [1.165, 1.54) is 0 Å². The summed E-state index contributed by atoms with van der Waals surface area (Å²) in [6, 6.07) is -1.48. The maximum absolute atomic E-state index is 14.1. The van der Waals surface area contributed by atoms with E-state index >= 15 is 0 Å². The second-order valence-corrected chi connectivity index (χ2v) is 14.4. The number of hydrogen-bond acceptors (Lipinski definition) is 5. The predicted octanol–water partition coefficient (Wildman–Crippen LogP) is 4.07. The van der Waals surface area contributed by atoms with Crippen LogP contribution >= 0.6 is 0 Å². The summed E-state index contributed by atoms with van der Waals surface area (Å²) in [6.07, 6.45) is 6.17. The Balaban J connectivity index is 2.28. The van der Waals surface area contributed by atoms with Crippen LogP contribution < -0.4 is 5.32 Å². The second kappa shape index (κ2) is 14.8. The Morgan fingerprint density at radius 3 is 1.98 bits per heavy atom. The van der Waals surface area contributed by atoms with E-state index in [4.69, 9.17) is 0 Å². The molecule has 9 heteroatoms. The van der Waals surface area contributed by atoms with Gasteiger partial charge in [0, 0.05) is 38.3 Å². The van der Waals surface area contributed by atoms with Crippen LogP contribution in [-0.4, -0.2) is 107 Å². The number of likely N-dealkylation sites (tertiary alicyclic amines) is 2. The Kier molecular flexibility index (Phi) is 12.6. The average molecular weight is 590 g/mol. The molecule has 42 heavy (non-hydrogen) atoms. The third kappa shape index (κ3) is 8.57. The van der Waals surface area contributed by atoms with Crippen molar-refractivity contribution in [3.05, 3.63) is 11.6 Å². The van der Waals surface area contributed by atoms with Crippen molar-refractivity contribution in [1.29, 1.82) is 0 Å². The van der Waals surface area contributed by atoms with Crippen molar-refractivity contribution in [3.63, 3.8) is 0 Å². The van der Waals surface area contributed by atoms with E-state index in [-0.39, 0.29) is 53.7 Å². The van der Waals surface area contributed by atoms with Crippen molar-refractivity contribution in [2.75, 3.05) is 27.2 Å². The first-order valence-electron chi connectivity index (χ1n) is 16.0. The highest BCUT2D eigenvalue weighted by atomic mass is 16.2. The normalized spacial score (nSPS) is 22.0.